The third-order valence-corrected chi connectivity index (χ3v) is 4.06. The molecule has 2 aromatic carbocycles. The molecule has 0 aliphatic heterocycles. The average molecular weight is 343 g/mol. The summed E-state index contributed by atoms with van der Waals surface area (Å²) in [4.78, 5) is 26.1. The predicted molar refractivity (Wildman–Crippen MR) is 99.4 cm³/mol. The second-order valence-corrected chi connectivity index (χ2v) is 6.35. The van der Waals surface area contributed by atoms with Crippen molar-refractivity contribution in [3.8, 4) is 0 Å². The van der Waals surface area contributed by atoms with E-state index in [0.717, 1.165) is 17.0 Å². The first-order chi connectivity index (χ1) is 11.5. The third-order valence-electron chi connectivity index (χ3n) is 3.44. The number of benzene rings is 2. The number of nitrogens with zero attached hydrogens (tertiary/aromatic N) is 1. The van der Waals surface area contributed by atoms with Crippen molar-refractivity contribution in [2.75, 3.05) is 25.3 Å². The maximum absolute atomic E-state index is 12.1. The third kappa shape index (κ3) is 4.76. The summed E-state index contributed by atoms with van der Waals surface area (Å²) in [5.41, 5.74) is 7.94. The minimum atomic E-state index is -0.356. The molecule has 0 radical (unpaired) electrons. The molecule has 0 saturated carbocycles. The molecule has 5 nitrogen and oxygen atoms in total. The van der Waals surface area contributed by atoms with Crippen molar-refractivity contribution in [2.24, 2.45) is 0 Å². The summed E-state index contributed by atoms with van der Waals surface area (Å²) < 4.78 is 0. The molecule has 0 spiro atoms. The zero-order valence-electron chi connectivity index (χ0n) is 14.0. The van der Waals surface area contributed by atoms with Gasteiger partial charge in [-0.25, -0.2) is 0 Å². The van der Waals surface area contributed by atoms with Gasteiger partial charge in [0, 0.05) is 36.7 Å². The summed E-state index contributed by atoms with van der Waals surface area (Å²) in [6.07, 6.45) is 2.03. The lowest BCUT2D eigenvalue weighted by atomic mass is 10.1. The first-order valence-corrected chi connectivity index (χ1v) is 8.86. The van der Waals surface area contributed by atoms with Crippen molar-refractivity contribution in [1.82, 2.24) is 10.9 Å². The fraction of sp³-hybridized carbons (Fsp3) is 0.222. The summed E-state index contributed by atoms with van der Waals surface area (Å²) in [6.45, 7) is 0. The lowest BCUT2D eigenvalue weighted by Gasteiger charge is -2.13. The maximum Gasteiger partial charge on any atom is 0.269 e. The van der Waals surface area contributed by atoms with Crippen LogP contribution in [-0.4, -0.2) is 32.2 Å². The quantitative estimate of drug-likeness (QED) is 0.820. The van der Waals surface area contributed by atoms with Crippen LogP contribution < -0.4 is 15.8 Å². The maximum atomic E-state index is 12.1. The fourth-order valence-corrected chi connectivity index (χ4v) is 2.63. The largest absolute Gasteiger partial charge is 0.378 e. The number of rotatable bonds is 5. The molecule has 2 rings (SSSR count). The minimum absolute atomic E-state index is 0.345. The van der Waals surface area contributed by atoms with Crippen LogP contribution in [0.3, 0.4) is 0 Å². The van der Waals surface area contributed by atoms with Crippen LogP contribution in [0, 0.1) is 0 Å². The van der Waals surface area contributed by atoms with Crippen LogP contribution in [0.2, 0.25) is 0 Å². The van der Waals surface area contributed by atoms with Gasteiger partial charge in [0.2, 0.25) is 0 Å². The molecule has 0 saturated heterocycles. The number of hydrazine groups is 1. The molecule has 0 heterocycles. The Balaban J connectivity index is 1.95. The Kier molecular flexibility index (Phi) is 6.26. The first-order valence-electron chi connectivity index (χ1n) is 7.47. The Morgan fingerprint density at radius 3 is 2.17 bits per heavy atom. The van der Waals surface area contributed by atoms with E-state index in [1.807, 2.05) is 43.5 Å². The van der Waals surface area contributed by atoms with Gasteiger partial charge in [-0.15, -0.1) is 0 Å². The summed E-state index contributed by atoms with van der Waals surface area (Å²) in [5, 5.41) is 0. The van der Waals surface area contributed by atoms with Crippen molar-refractivity contribution in [1.29, 1.82) is 0 Å². The van der Waals surface area contributed by atoms with Gasteiger partial charge in [0.25, 0.3) is 11.8 Å². The summed E-state index contributed by atoms with van der Waals surface area (Å²) in [5.74, 6) is 0.203. The number of carbonyl (C=O) groups is 2. The SMILES string of the molecule is CSCc1ccc(C(=O)NNC(=O)c2cccc(N(C)C)c2)cc1. The summed E-state index contributed by atoms with van der Waals surface area (Å²) >= 11 is 1.72. The molecule has 0 unspecified atom stereocenters. The van der Waals surface area contributed by atoms with E-state index in [9.17, 15) is 9.59 Å². The normalized spacial score (nSPS) is 10.1. The Morgan fingerprint density at radius 2 is 1.58 bits per heavy atom. The molecule has 2 amide bonds. The molecule has 2 N–H and O–H groups in total. The number of hydrogen-bond donors (Lipinski definition) is 2. The van der Waals surface area contributed by atoms with Crippen LogP contribution in [0.4, 0.5) is 5.69 Å². The van der Waals surface area contributed by atoms with Crippen molar-refractivity contribution in [2.45, 2.75) is 5.75 Å². The van der Waals surface area contributed by atoms with E-state index in [4.69, 9.17) is 0 Å². The molecule has 24 heavy (non-hydrogen) atoms. The highest BCUT2D eigenvalue weighted by molar-refractivity contribution is 7.97. The topological polar surface area (TPSA) is 61.4 Å². The lowest BCUT2D eigenvalue weighted by molar-refractivity contribution is 0.0846. The molecule has 6 heteroatoms. The van der Waals surface area contributed by atoms with Gasteiger partial charge in [-0.3, -0.25) is 20.4 Å². The van der Waals surface area contributed by atoms with E-state index in [1.54, 1.807) is 42.1 Å². The fourth-order valence-electron chi connectivity index (χ4n) is 2.10. The van der Waals surface area contributed by atoms with Crippen molar-refractivity contribution < 1.29 is 9.59 Å². The summed E-state index contributed by atoms with van der Waals surface area (Å²) in [6, 6.07) is 14.5. The van der Waals surface area contributed by atoms with Crippen LogP contribution in [0.1, 0.15) is 26.3 Å². The molecule has 2 aromatic rings. The Hall–Kier alpha value is -2.47. The Labute approximate surface area is 146 Å². The van der Waals surface area contributed by atoms with Crippen LogP contribution in [-0.2, 0) is 5.75 Å². The molecular formula is C18H21N3O2S. The molecule has 126 valence electrons. The van der Waals surface area contributed by atoms with Gasteiger partial charge in [-0.2, -0.15) is 11.8 Å². The van der Waals surface area contributed by atoms with Crippen LogP contribution in [0.5, 0.6) is 0 Å². The van der Waals surface area contributed by atoms with E-state index in [-0.39, 0.29) is 11.8 Å². The van der Waals surface area contributed by atoms with Gasteiger partial charge < -0.3 is 4.90 Å². The van der Waals surface area contributed by atoms with E-state index < -0.39 is 0 Å². The number of carbonyl (C=O) groups excluding carboxylic acids is 2. The van der Waals surface area contributed by atoms with Crippen LogP contribution >= 0.6 is 11.8 Å². The van der Waals surface area contributed by atoms with Crippen molar-refractivity contribution >= 4 is 29.3 Å². The number of nitrogens with one attached hydrogen (secondary N) is 2. The molecule has 0 aliphatic carbocycles. The number of hydrogen-bond acceptors (Lipinski definition) is 4. The van der Waals surface area contributed by atoms with Gasteiger partial charge in [0.15, 0.2) is 0 Å². The van der Waals surface area contributed by atoms with E-state index in [0.29, 0.717) is 11.1 Å². The average Bonchev–Trinajstić information content (AvgIpc) is 2.60. The van der Waals surface area contributed by atoms with E-state index in [2.05, 4.69) is 10.9 Å². The zero-order chi connectivity index (χ0) is 17.5. The van der Waals surface area contributed by atoms with Crippen LogP contribution in [0.25, 0.3) is 0 Å². The molecule has 0 atom stereocenters. The second-order valence-electron chi connectivity index (χ2n) is 5.48. The standard InChI is InChI=1S/C18H21N3O2S/c1-21(2)16-6-4-5-15(11-16)18(23)20-19-17(22)14-9-7-13(8-10-14)12-24-3/h4-11H,12H2,1-3H3,(H,19,22)(H,20,23). The zero-order valence-corrected chi connectivity index (χ0v) is 14.8. The molecule has 0 aliphatic rings. The number of anilines is 1. The van der Waals surface area contributed by atoms with Gasteiger partial charge >= 0.3 is 0 Å². The highest BCUT2D eigenvalue weighted by Gasteiger charge is 2.10. The van der Waals surface area contributed by atoms with Gasteiger partial charge in [-0.05, 0) is 42.2 Å². The number of amides is 2. The van der Waals surface area contributed by atoms with E-state index >= 15 is 0 Å². The number of thioether (sulfide) groups is 1. The van der Waals surface area contributed by atoms with Crippen molar-refractivity contribution in [3.63, 3.8) is 0 Å². The lowest BCUT2D eigenvalue weighted by Crippen LogP contribution is -2.41. The molecular weight excluding hydrogens is 322 g/mol. The molecule has 0 aromatic heterocycles. The van der Waals surface area contributed by atoms with E-state index in [1.165, 1.54) is 0 Å². The van der Waals surface area contributed by atoms with Gasteiger partial charge in [-0.1, -0.05) is 18.2 Å². The highest BCUT2D eigenvalue weighted by atomic mass is 32.2. The highest BCUT2D eigenvalue weighted by Crippen LogP contribution is 2.13. The monoisotopic (exact) mass is 343 g/mol. The second kappa shape index (κ2) is 8.40. The van der Waals surface area contributed by atoms with Gasteiger partial charge in [0.1, 0.15) is 0 Å². The van der Waals surface area contributed by atoms with Crippen LogP contribution in [0.15, 0.2) is 48.5 Å². The van der Waals surface area contributed by atoms with Crippen molar-refractivity contribution in [3.05, 3.63) is 65.2 Å². The first kappa shape index (κ1) is 17.9. The molecule has 0 fully saturated rings. The molecule has 0 bridgehead atoms. The predicted octanol–water partition coefficient (Wildman–Crippen LogP) is 2.69. The Morgan fingerprint density at radius 1 is 0.958 bits per heavy atom. The smallest absolute Gasteiger partial charge is 0.269 e. The Bertz CT molecular complexity index is 714. The summed E-state index contributed by atoms with van der Waals surface area (Å²) in [7, 11) is 3.80. The van der Waals surface area contributed by atoms with Gasteiger partial charge in [0.05, 0.1) is 0 Å². The minimum Gasteiger partial charge on any atom is -0.378 e.